The SMILES string of the molecule is CC(C(N)=O)c1ccc(O)cc1O. The van der Waals surface area contributed by atoms with E-state index in [-0.39, 0.29) is 11.5 Å². The topological polar surface area (TPSA) is 83.6 Å². The molecule has 0 spiro atoms. The van der Waals surface area contributed by atoms with Crippen LogP contribution in [0.3, 0.4) is 0 Å². The molecule has 0 radical (unpaired) electrons. The van der Waals surface area contributed by atoms with Gasteiger partial charge in [-0.15, -0.1) is 0 Å². The van der Waals surface area contributed by atoms with Crippen LogP contribution in [0.15, 0.2) is 18.2 Å². The molecular weight excluding hydrogens is 170 g/mol. The van der Waals surface area contributed by atoms with E-state index in [0.717, 1.165) is 0 Å². The lowest BCUT2D eigenvalue weighted by atomic mass is 9.99. The summed E-state index contributed by atoms with van der Waals surface area (Å²) in [7, 11) is 0. The average molecular weight is 181 g/mol. The number of amides is 1. The molecule has 0 fully saturated rings. The summed E-state index contributed by atoms with van der Waals surface area (Å²) in [4.78, 5) is 10.8. The molecule has 1 amide bonds. The molecule has 4 heteroatoms. The van der Waals surface area contributed by atoms with Gasteiger partial charge in [-0.3, -0.25) is 4.79 Å². The number of carbonyl (C=O) groups is 1. The zero-order chi connectivity index (χ0) is 10.0. The van der Waals surface area contributed by atoms with Gasteiger partial charge in [-0.05, 0) is 13.0 Å². The molecule has 0 aliphatic rings. The molecule has 1 aromatic rings. The molecule has 13 heavy (non-hydrogen) atoms. The zero-order valence-corrected chi connectivity index (χ0v) is 7.19. The van der Waals surface area contributed by atoms with Gasteiger partial charge in [-0.25, -0.2) is 0 Å². The Bertz CT molecular complexity index is 336. The Morgan fingerprint density at radius 2 is 2.08 bits per heavy atom. The summed E-state index contributed by atoms with van der Waals surface area (Å²) in [6.07, 6.45) is 0. The second-order valence-electron chi connectivity index (χ2n) is 2.87. The predicted molar refractivity (Wildman–Crippen MR) is 47.4 cm³/mol. The molecule has 1 rings (SSSR count). The Morgan fingerprint density at radius 1 is 1.46 bits per heavy atom. The molecule has 70 valence electrons. The van der Waals surface area contributed by atoms with Crippen molar-refractivity contribution >= 4 is 5.91 Å². The van der Waals surface area contributed by atoms with Gasteiger partial charge in [0.2, 0.25) is 5.91 Å². The van der Waals surface area contributed by atoms with Crippen LogP contribution in [0, 0.1) is 0 Å². The molecule has 0 aliphatic heterocycles. The maximum absolute atomic E-state index is 10.8. The van der Waals surface area contributed by atoms with Crippen LogP contribution in [0.4, 0.5) is 0 Å². The number of phenolic OH excluding ortho intramolecular Hbond substituents is 2. The van der Waals surface area contributed by atoms with E-state index in [1.165, 1.54) is 18.2 Å². The summed E-state index contributed by atoms with van der Waals surface area (Å²) in [5, 5.41) is 18.3. The highest BCUT2D eigenvalue weighted by Gasteiger charge is 2.15. The maximum atomic E-state index is 10.8. The lowest BCUT2D eigenvalue weighted by molar-refractivity contribution is -0.119. The van der Waals surface area contributed by atoms with Crippen LogP contribution in [-0.2, 0) is 4.79 Å². The molecule has 0 saturated carbocycles. The lowest BCUT2D eigenvalue weighted by Crippen LogP contribution is -2.18. The van der Waals surface area contributed by atoms with Crippen LogP contribution < -0.4 is 5.73 Å². The van der Waals surface area contributed by atoms with E-state index in [4.69, 9.17) is 10.8 Å². The molecule has 4 N–H and O–H groups in total. The minimum absolute atomic E-state index is 0.0436. The highest BCUT2D eigenvalue weighted by molar-refractivity contribution is 5.82. The third-order valence-corrected chi connectivity index (χ3v) is 1.91. The van der Waals surface area contributed by atoms with E-state index in [9.17, 15) is 9.90 Å². The Hall–Kier alpha value is -1.71. The third kappa shape index (κ3) is 1.90. The van der Waals surface area contributed by atoms with Gasteiger partial charge in [0.1, 0.15) is 11.5 Å². The normalized spacial score (nSPS) is 12.4. The molecule has 0 heterocycles. The van der Waals surface area contributed by atoms with Crippen LogP contribution in [0.2, 0.25) is 0 Å². The van der Waals surface area contributed by atoms with Crippen molar-refractivity contribution in [3.05, 3.63) is 23.8 Å². The smallest absolute Gasteiger partial charge is 0.224 e. The summed E-state index contributed by atoms with van der Waals surface area (Å²) >= 11 is 0. The van der Waals surface area contributed by atoms with Crippen LogP contribution in [0.1, 0.15) is 18.4 Å². The first-order chi connectivity index (χ1) is 6.02. The molecule has 1 aromatic carbocycles. The quantitative estimate of drug-likeness (QED) is 0.627. The van der Waals surface area contributed by atoms with Crippen molar-refractivity contribution in [2.24, 2.45) is 5.73 Å². The van der Waals surface area contributed by atoms with Gasteiger partial charge in [0.15, 0.2) is 0 Å². The number of phenols is 2. The van der Waals surface area contributed by atoms with Gasteiger partial charge in [0.05, 0.1) is 5.92 Å². The van der Waals surface area contributed by atoms with Gasteiger partial charge in [-0.1, -0.05) is 6.07 Å². The number of benzene rings is 1. The Morgan fingerprint density at radius 3 is 2.54 bits per heavy atom. The average Bonchev–Trinajstić information content (AvgIpc) is 2.03. The van der Waals surface area contributed by atoms with Crippen molar-refractivity contribution in [3.8, 4) is 11.5 Å². The molecule has 1 atom stereocenters. The van der Waals surface area contributed by atoms with Crippen LogP contribution >= 0.6 is 0 Å². The number of primary amides is 1. The number of hydrogen-bond acceptors (Lipinski definition) is 3. The fourth-order valence-corrected chi connectivity index (χ4v) is 1.05. The number of aromatic hydroxyl groups is 2. The molecule has 1 unspecified atom stereocenters. The first-order valence-corrected chi connectivity index (χ1v) is 3.83. The Kier molecular flexibility index (Phi) is 2.41. The van der Waals surface area contributed by atoms with E-state index in [0.29, 0.717) is 5.56 Å². The summed E-state index contributed by atoms with van der Waals surface area (Å²) in [6, 6.07) is 4.04. The molecule has 0 aliphatic carbocycles. The largest absolute Gasteiger partial charge is 0.508 e. The van der Waals surface area contributed by atoms with Gasteiger partial charge in [0, 0.05) is 11.6 Å². The predicted octanol–water partition coefficient (Wildman–Crippen LogP) is 0.687. The minimum Gasteiger partial charge on any atom is -0.508 e. The van der Waals surface area contributed by atoms with Crippen LogP contribution in [0.25, 0.3) is 0 Å². The second kappa shape index (κ2) is 3.35. The van der Waals surface area contributed by atoms with Gasteiger partial charge in [-0.2, -0.15) is 0 Å². The van der Waals surface area contributed by atoms with Crippen molar-refractivity contribution in [2.45, 2.75) is 12.8 Å². The van der Waals surface area contributed by atoms with Crippen molar-refractivity contribution in [3.63, 3.8) is 0 Å². The standard InChI is InChI=1S/C9H11NO3/c1-5(9(10)13)7-3-2-6(11)4-8(7)12/h2-5,11-12H,1H3,(H2,10,13). The van der Waals surface area contributed by atoms with E-state index in [1.807, 2.05) is 0 Å². The fraction of sp³-hybridized carbons (Fsp3) is 0.222. The van der Waals surface area contributed by atoms with Crippen molar-refractivity contribution < 1.29 is 15.0 Å². The molecule has 0 saturated heterocycles. The van der Waals surface area contributed by atoms with E-state index >= 15 is 0 Å². The lowest BCUT2D eigenvalue weighted by Gasteiger charge is -2.09. The minimum atomic E-state index is -0.555. The Balaban J connectivity index is 3.08. The van der Waals surface area contributed by atoms with Crippen molar-refractivity contribution in [1.29, 1.82) is 0 Å². The molecular formula is C9H11NO3. The maximum Gasteiger partial charge on any atom is 0.224 e. The Labute approximate surface area is 75.6 Å². The summed E-state index contributed by atoms with van der Waals surface area (Å²) in [5.74, 6) is -1.23. The van der Waals surface area contributed by atoms with Crippen LogP contribution in [0.5, 0.6) is 11.5 Å². The number of carbonyl (C=O) groups excluding carboxylic acids is 1. The summed E-state index contributed by atoms with van der Waals surface area (Å²) < 4.78 is 0. The fourth-order valence-electron chi connectivity index (χ4n) is 1.05. The summed E-state index contributed by atoms with van der Waals surface area (Å²) in [6.45, 7) is 1.59. The zero-order valence-electron chi connectivity index (χ0n) is 7.19. The van der Waals surface area contributed by atoms with E-state index < -0.39 is 11.8 Å². The third-order valence-electron chi connectivity index (χ3n) is 1.91. The summed E-state index contributed by atoms with van der Waals surface area (Å²) in [5.41, 5.74) is 5.48. The van der Waals surface area contributed by atoms with Gasteiger partial charge < -0.3 is 15.9 Å². The number of hydrogen-bond donors (Lipinski definition) is 3. The highest BCUT2D eigenvalue weighted by Crippen LogP contribution is 2.28. The number of rotatable bonds is 2. The van der Waals surface area contributed by atoms with Crippen molar-refractivity contribution in [1.82, 2.24) is 0 Å². The molecule has 0 bridgehead atoms. The number of nitrogens with two attached hydrogens (primary N) is 1. The van der Waals surface area contributed by atoms with Crippen LogP contribution in [-0.4, -0.2) is 16.1 Å². The van der Waals surface area contributed by atoms with Crippen molar-refractivity contribution in [2.75, 3.05) is 0 Å². The molecule has 4 nitrogen and oxygen atoms in total. The molecule has 0 aromatic heterocycles. The first-order valence-electron chi connectivity index (χ1n) is 3.83. The van der Waals surface area contributed by atoms with E-state index in [2.05, 4.69) is 0 Å². The van der Waals surface area contributed by atoms with E-state index in [1.54, 1.807) is 6.92 Å². The second-order valence-corrected chi connectivity index (χ2v) is 2.87. The van der Waals surface area contributed by atoms with Gasteiger partial charge >= 0.3 is 0 Å². The highest BCUT2D eigenvalue weighted by atomic mass is 16.3. The first kappa shape index (κ1) is 9.38. The monoisotopic (exact) mass is 181 g/mol. The van der Waals surface area contributed by atoms with Gasteiger partial charge in [0.25, 0.3) is 0 Å².